The second kappa shape index (κ2) is 7.45. The minimum absolute atomic E-state index is 0.119. The highest BCUT2D eigenvalue weighted by Crippen LogP contribution is 2.20. The number of hydrogen-bond donors (Lipinski definition) is 2. The smallest absolute Gasteiger partial charge is 0.335 e. The normalized spacial score (nSPS) is 10.4. The van der Waals surface area contributed by atoms with E-state index in [9.17, 15) is 9.59 Å². The molecule has 2 aromatic carbocycles. The number of ether oxygens (including phenoxy) is 1. The van der Waals surface area contributed by atoms with Crippen molar-refractivity contribution in [3.63, 3.8) is 0 Å². The SMILES string of the molecule is CC(C)c1cccc(OCC(=O)Nc2cccc(C(=O)O)c2)c1. The Balaban J connectivity index is 1.94. The van der Waals surface area contributed by atoms with Gasteiger partial charge >= 0.3 is 5.97 Å². The molecule has 0 bridgehead atoms. The van der Waals surface area contributed by atoms with Gasteiger partial charge in [0.1, 0.15) is 5.75 Å². The van der Waals surface area contributed by atoms with Gasteiger partial charge in [0.05, 0.1) is 5.56 Å². The highest BCUT2D eigenvalue weighted by molar-refractivity contribution is 5.94. The Hall–Kier alpha value is -2.82. The molecular weight excluding hydrogens is 294 g/mol. The van der Waals surface area contributed by atoms with Gasteiger partial charge in [-0.15, -0.1) is 0 Å². The first-order valence-corrected chi connectivity index (χ1v) is 7.31. The standard InChI is InChI=1S/C18H19NO4/c1-12(2)13-5-4-8-16(10-13)23-11-17(20)19-15-7-3-6-14(9-15)18(21)22/h3-10,12H,11H2,1-2H3,(H,19,20)(H,21,22). The first kappa shape index (κ1) is 16.5. The first-order chi connectivity index (χ1) is 11.0. The third-order valence-electron chi connectivity index (χ3n) is 3.29. The van der Waals surface area contributed by atoms with Crippen molar-refractivity contribution < 1.29 is 19.4 Å². The van der Waals surface area contributed by atoms with Crippen molar-refractivity contribution in [2.24, 2.45) is 0 Å². The highest BCUT2D eigenvalue weighted by atomic mass is 16.5. The molecule has 0 aliphatic heterocycles. The number of amides is 1. The molecule has 0 spiro atoms. The fraction of sp³-hybridized carbons (Fsp3) is 0.222. The van der Waals surface area contributed by atoms with Crippen LogP contribution in [0.5, 0.6) is 5.75 Å². The van der Waals surface area contributed by atoms with E-state index < -0.39 is 5.97 Å². The predicted molar refractivity (Wildman–Crippen MR) is 88.1 cm³/mol. The fourth-order valence-electron chi connectivity index (χ4n) is 2.04. The van der Waals surface area contributed by atoms with Crippen molar-refractivity contribution in [3.8, 4) is 5.75 Å². The van der Waals surface area contributed by atoms with Crippen molar-refractivity contribution in [3.05, 3.63) is 59.7 Å². The van der Waals surface area contributed by atoms with Gasteiger partial charge in [0, 0.05) is 5.69 Å². The summed E-state index contributed by atoms with van der Waals surface area (Å²) in [6.45, 7) is 4.03. The largest absolute Gasteiger partial charge is 0.484 e. The van der Waals surface area contributed by atoms with Gasteiger partial charge in [-0.05, 0) is 41.8 Å². The Morgan fingerprint density at radius 1 is 1.13 bits per heavy atom. The Morgan fingerprint density at radius 2 is 1.87 bits per heavy atom. The van der Waals surface area contributed by atoms with E-state index >= 15 is 0 Å². The van der Waals surface area contributed by atoms with Crippen LogP contribution in [-0.4, -0.2) is 23.6 Å². The van der Waals surface area contributed by atoms with E-state index in [1.54, 1.807) is 18.2 Å². The second-order valence-corrected chi connectivity index (χ2v) is 5.45. The Bertz CT molecular complexity index is 710. The van der Waals surface area contributed by atoms with Crippen LogP contribution >= 0.6 is 0 Å². The van der Waals surface area contributed by atoms with Gasteiger partial charge in [0.2, 0.25) is 0 Å². The lowest BCUT2D eigenvalue weighted by molar-refractivity contribution is -0.118. The number of rotatable bonds is 6. The van der Waals surface area contributed by atoms with Gasteiger partial charge in [0.15, 0.2) is 6.61 Å². The zero-order valence-corrected chi connectivity index (χ0v) is 13.1. The van der Waals surface area contributed by atoms with Crippen molar-refractivity contribution in [2.45, 2.75) is 19.8 Å². The number of nitrogens with one attached hydrogen (secondary N) is 1. The molecule has 0 saturated carbocycles. The van der Waals surface area contributed by atoms with E-state index in [2.05, 4.69) is 19.2 Å². The van der Waals surface area contributed by atoms with E-state index in [-0.39, 0.29) is 18.1 Å². The molecule has 0 radical (unpaired) electrons. The molecular formula is C18H19NO4. The minimum atomic E-state index is -1.04. The summed E-state index contributed by atoms with van der Waals surface area (Å²) in [6, 6.07) is 13.7. The molecule has 5 heteroatoms. The van der Waals surface area contributed by atoms with Crippen LogP contribution < -0.4 is 10.1 Å². The summed E-state index contributed by atoms with van der Waals surface area (Å²) in [4.78, 5) is 22.8. The van der Waals surface area contributed by atoms with Gasteiger partial charge < -0.3 is 15.2 Å². The molecule has 2 N–H and O–H groups in total. The van der Waals surface area contributed by atoms with Gasteiger partial charge in [-0.1, -0.05) is 32.0 Å². The molecule has 23 heavy (non-hydrogen) atoms. The number of hydrogen-bond acceptors (Lipinski definition) is 3. The number of anilines is 1. The number of aromatic carboxylic acids is 1. The maximum absolute atomic E-state index is 11.9. The minimum Gasteiger partial charge on any atom is -0.484 e. The second-order valence-electron chi connectivity index (χ2n) is 5.45. The quantitative estimate of drug-likeness (QED) is 0.855. The summed E-state index contributed by atoms with van der Waals surface area (Å²) in [5.41, 5.74) is 1.68. The van der Waals surface area contributed by atoms with E-state index in [0.29, 0.717) is 17.4 Å². The molecule has 0 aliphatic carbocycles. The van der Waals surface area contributed by atoms with E-state index in [4.69, 9.17) is 9.84 Å². The molecule has 1 amide bonds. The topological polar surface area (TPSA) is 75.6 Å². The molecule has 5 nitrogen and oxygen atoms in total. The number of carbonyl (C=O) groups is 2. The lowest BCUT2D eigenvalue weighted by Gasteiger charge is -2.10. The molecule has 0 aromatic heterocycles. The average molecular weight is 313 g/mol. The molecule has 0 heterocycles. The van der Waals surface area contributed by atoms with Crippen LogP contribution in [0.4, 0.5) is 5.69 Å². The molecule has 2 aromatic rings. The summed E-state index contributed by atoms with van der Waals surface area (Å²) >= 11 is 0. The van der Waals surface area contributed by atoms with Crippen LogP contribution in [0.2, 0.25) is 0 Å². The molecule has 2 rings (SSSR count). The van der Waals surface area contributed by atoms with E-state index in [0.717, 1.165) is 5.56 Å². The summed E-state index contributed by atoms with van der Waals surface area (Å²) in [7, 11) is 0. The zero-order valence-electron chi connectivity index (χ0n) is 13.1. The van der Waals surface area contributed by atoms with Gasteiger partial charge in [-0.25, -0.2) is 4.79 Å². The van der Waals surface area contributed by atoms with Crippen LogP contribution in [0.1, 0.15) is 35.7 Å². The lowest BCUT2D eigenvalue weighted by atomic mass is 10.0. The van der Waals surface area contributed by atoms with Crippen molar-refractivity contribution >= 4 is 17.6 Å². The molecule has 120 valence electrons. The fourth-order valence-corrected chi connectivity index (χ4v) is 2.04. The third kappa shape index (κ3) is 4.85. The highest BCUT2D eigenvalue weighted by Gasteiger charge is 2.08. The van der Waals surface area contributed by atoms with E-state index in [1.807, 2.05) is 18.2 Å². The lowest BCUT2D eigenvalue weighted by Crippen LogP contribution is -2.20. The number of carboxylic acids is 1. The number of carboxylic acid groups (broad SMARTS) is 1. The zero-order chi connectivity index (χ0) is 16.8. The number of benzene rings is 2. The molecule has 0 saturated heterocycles. The molecule has 0 unspecified atom stereocenters. The van der Waals surface area contributed by atoms with Crippen molar-refractivity contribution in [1.82, 2.24) is 0 Å². The molecule has 0 aliphatic rings. The molecule has 0 fully saturated rings. The predicted octanol–water partition coefficient (Wildman–Crippen LogP) is 3.53. The van der Waals surface area contributed by atoms with Crippen LogP contribution in [0, 0.1) is 0 Å². The third-order valence-corrected chi connectivity index (χ3v) is 3.29. The van der Waals surface area contributed by atoms with Gasteiger partial charge in [0.25, 0.3) is 5.91 Å². The number of carbonyl (C=O) groups excluding carboxylic acids is 1. The Labute approximate surface area is 134 Å². The van der Waals surface area contributed by atoms with Crippen LogP contribution in [0.25, 0.3) is 0 Å². The van der Waals surface area contributed by atoms with Gasteiger partial charge in [-0.3, -0.25) is 4.79 Å². The van der Waals surface area contributed by atoms with Crippen LogP contribution in [-0.2, 0) is 4.79 Å². The summed E-state index contributed by atoms with van der Waals surface area (Å²) in [6.07, 6.45) is 0. The maximum atomic E-state index is 11.9. The van der Waals surface area contributed by atoms with Gasteiger partial charge in [-0.2, -0.15) is 0 Å². The van der Waals surface area contributed by atoms with E-state index in [1.165, 1.54) is 12.1 Å². The average Bonchev–Trinajstić information content (AvgIpc) is 2.53. The Kier molecular flexibility index (Phi) is 5.36. The maximum Gasteiger partial charge on any atom is 0.335 e. The Morgan fingerprint density at radius 3 is 2.57 bits per heavy atom. The van der Waals surface area contributed by atoms with Crippen molar-refractivity contribution in [1.29, 1.82) is 0 Å². The van der Waals surface area contributed by atoms with Crippen LogP contribution in [0.15, 0.2) is 48.5 Å². The van der Waals surface area contributed by atoms with Crippen molar-refractivity contribution in [2.75, 3.05) is 11.9 Å². The molecule has 0 atom stereocenters. The monoisotopic (exact) mass is 313 g/mol. The summed E-state index contributed by atoms with van der Waals surface area (Å²) < 4.78 is 5.48. The van der Waals surface area contributed by atoms with Crippen LogP contribution in [0.3, 0.4) is 0 Å². The summed E-state index contributed by atoms with van der Waals surface area (Å²) in [5, 5.41) is 11.5. The first-order valence-electron chi connectivity index (χ1n) is 7.31. The summed E-state index contributed by atoms with van der Waals surface area (Å²) in [5.74, 6) is -0.373.